The first kappa shape index (κ1) is 35.6. The van der Waals surface area contributed by atoms with Gasteiger partial charge >= 0.3 is 12.1 Å². The standard InChI is InChI=1S/C37H40F3N3O6/c1-4-48-35(44)14-9-25-8-13-33(34(20-25)47-3)49-29-15-17-42(18-16-29)24-36(45,37(38,39)40)31-23-43(22-26-5-10-28(46-2)11-6-26)32-19-27(21-41)7-12-30(31)32/h5-8,10-13,19-20,23,29,45H,4,9,14-18,22,24H2,1-3H3. The Morgan fingerprint density at radius 1 is 0.980 bits per heavy atom. The molecule has 0 aliphatic carbocycles. The smallest absolute Gasteiger partial charge is 0.422 e. The fraction of sp³-hybridized carbons (Fsp3) is 0.405. The van der Waals surface area contributed by atoms with Crippen LogP contribution in [0.5, 0.6) is 17.2 Å². The second-order valence-corrected chi connectivity index (χ2v) is 12.1. The van der Waals surface area contributed by atoms with Crippen molar-refractivity contribution in [2.75, 3.05) is 40.5 Å². The zero-order valence-electron chi connectivity index (χ0n) is 27.8. The van der Waals surface area contributed by atoms with Crippen LogP contribution in [0.15, 0.2) is 66.9 Å². The predicted octanol–water partition coefficient (Wildman–Crippen LogP) is 6.37. The number of hydrogen-bond donors (Lipinski definition) is 1. The normalized spacial score (nSPS) is 15.4. The molecule has 0 spiro atoms. The summed E-state index contributed by atoms with van der Waals surface area (Å²) in [7, 11) is 3.07. The van der Waals surface area contributed by atoms with Crippen LogP contribution in [0, 0.1) is 11.3 Å². The molecular formula is C37H40F3N3O6. The number of carbonyl (C=O) groups excluding carboxylic acids is 1. The molecule has 1 unspecified atom stereocenters. The third kappa shape index (κ3) is 8.12. The Hall–Kier alpha value is -4.73. The molecule has 1 fully saturated rings. The van der Waals surface area contributed by atoms with Crippen molar-refractivity contribution < 1.29 is 42.0 Å². The second kappa shape index (κ2) is 15.2. The first-order chi connectivity index (χ1) is 23.5. The van der Waals surface area contributed by atoms with Crippen molar-refractivity contribution in [2.45, 2.75) is 57.0 Å². The van der Waals surface area contributed by atoms with E-state index in [1.165, 1.54) is 25.4 Å². The number of hydrogen-bond acceptors (Lipinski definition) is 8. The van der Waals surface area contributed by atoms with Crippen LogP contribution in [-0.4, -0.2) is 73.3 Å². The molecule has 49 heavy (non-hydrogen) atoms. The molecule has 2 heterocycles. The number of halogens is 3. The third-order valence-electron chi connectivity index (χ3n) is 8.87. The van der Waals surface area contributed by atoms with E-state index in [-0.39, 0.29) is 49.1 Å². The molecule has 1 aliphatic rings. The maximum atomic E-state index is 14.9. The van der Waals surface area contributed by atoms with Gasteiger partial charge in [0.1, 0.15) is 11.9 Å². The van der Waals surface area contributed by atoms with E-state index in [0.29, 0.717) is 54.2 Å². The Morgan fingerprint density at radius 3 is 2.33 bits per heavy atom. The van der Waals surface area contributed by atoms with Crippen molar-refractivity contribution >= 4 is 16.9 Å². The van der Waals surface area contributed by atoms with Gasteiger partial charge in [0.15, 0.2) is 11.5 Å². The fourth-order valence-electron chi connectivity index (χ4n) is 6.21. The Kier molecular flexibility index (Phi) is 11.1. The van der Waals surface area contributed by atoms with Crippen LogP contribution >= 0.6 is 0 Å². The number of benzene rings is 3. The highest BCUT2D eigenvalue weighted by molar-refractivity contribution is 5.86. The van der Waals surface area contributed by atoms with Gasteiger partial charge in [0.25, 0.3) is 0 Å². The van der Waals surface area contributed by atoms with E-state index in [2.05, 4.69) is 6.07 Å². The summed E-state index contributed by atoms with van der Waals surface area (Å²) in [5.74, 6) is 1.38. The number of aryl methyl sites for hydroxylation is 1. The van der Waals surface area contributed by atoms with Crippen LogP contribution in [0.25, 0.3) is 10.9 Å². The van der Waals surface area contributed by atoms with Gasteiger partial charge in [-0.2, -0.15) is 18.4 Å². The molecule has 0 amide bonds. The maximum Gasteiger partial charge on any atom is 0.422 e. The number of methoxy groups -OCH3 is 2. The number of β-amino-alcohol motifs (C(OH)–C–C–N with tert-alkyl or cyclic N) is 1. The summed E-state index contributed by atoms with van der Waals surface area (Å²) in [5.41, 5.74) is -1.03. The lowest BCUT2D eigenvalue weighted by molar-refractivity contribution is -0.272. The van der Waals surface area contributed by atoms with E-state index in [0.717, 1.165) is 11.1 Å². The molecule has 1 aliphatic heterocycles. The average Bonchev–Trinajstić information content (AvgIpc) is 3.46. The number of aromatic nitrogens is 1. The Balaban J connectivity index is 1.32. The highest BCUT2D eigenvalue weighted by Crippen LogP contribution is 2.44. The molecule has 0 radical (unpaired) electrons. The molecule has 3 aromatic carbocycles. The summed E-state index contributed by atoms with van der Waals surface area (Å²) in [6.45, 7) is 2.18. The number of ether oxygens (including phenoxy) is 4. The fourth-order valence-corrected chi connectivity index (χ4v) is 6.21. The Morgan fingerprint density at radius 2 is 1.69 bits per heavy atom. The van der Waals surface area contributed by atoms with Gasteiger partial charge < -0.3 is 28.6 Å². The molecule has 0 saturated carbocycles. The van der Waals surface area contributed by atoms with Crippen molar-refractivity contribution in [1.29, 1.82) is 5.26 Å². The van der Waals surface area contributed by atoms with E-state index in [1.807, 2.05) is 18.2 Å². The summed E-state index contributed by atoms with van der Waals surface area (Å²) in [6, 6.07) is 19.1. The zero-order chi connectivity index (χ0) is 35.2. The van der Waals surface area contributed by atoms with Gasteiger partial charge in [-0.3, -0.25) is 9.69 Å². The van der Waals surface area contributed by atoms with Crippen molar-refractivity contribution in [3.63, 3.8) is 0 Å². The first-order valence-electron chi connectivity index (χ1n) is 16.1. The van der Waals surface area contributed by atoms with Gasteiger partial charge in [-0.05, 0) is 73.7 Å². The van der Waals surface area contributed by atoms with Crippen LogP contribution in [0.2, 0.25) is 0 Å². The molecule has 12 heteroatoms. The maximum absolute atomic E-state index is 14.9. The van der Waals surface area contributed by atoms with Gasteiger partial charge in [0.05, 0.1) is 38.0 Å². The number of nitriles is 1. The minimum atomic E-state index is -4.99. The van der Waals surface area contributed by atoms with E-state index < -0.39 is 18.3 Å². The number of fused-ring (bicyclic) bond motifs is 1. The van der Waals surface area contributed by atoms with Gasteiger partial charge in [0.2, 0.25) is 5.60 Å². The number of esters is 1. The Bertz CT molecular complexity index is 1790. The quantitative estimate of drug-likeness (QED) is 0.163. The number of piperidine rings is 1. The van der Waals surface area contributed by atoms with E-state index >= 15 is 0 Å². The summed E-state index contributed by atoms with van der Waals surface area (Å²) in [4.78, 5) is 13.4. The largest absolute Gasteiger partial charge is 0.497 e. The number of nitrogens with zero attached hydrogens (tertiary/aromatic N) is 3. The molecule has 1 aromatic heterocycles. The molecule has 1 N–H and O–H groups in total. The number of aliphatic hydroxyl groups is 1. The SMILES string of the molecule is CCOC(=O)CCc1ccc(OC2CCN(CC(O)(c3cn(Cc4ccc(OC)cc4)c4cc(C#N)ccc34)C(F)(F)F)CC2)c(OC)c1. The predicted molar refractivity (Wildman–Crippen MR) is 177 cm³/mol. The molecule has 5 rings (SSSR count). The molecule has 9 nitrogen and oxygen atoms in total. The first-order valence-corrected chi connectivity index (χ1v) is 16.1. The summed E-state index contributed by atoms with van der Waals surface area (Å²) < 4.78 is 68.4. The van der Waals surface area contributed by atoms with Crippen LogP contribution in [0.4, 0.5) is 13.2 Å². The number of alkyl halides is 3. The van der Waals surface area contributed by atoms with Gasteiger partial charge in [-0.15, -0.1) is 0 Å². The van der Waals surface area contributed by atoms with Crippen LogP contribution < -0.4 is 14.2 Å². The van der Waals surface area contributed by atoms with Crippen LogP contribution in [0.1, 0.15) is 48.4 Å². The second-order valence-electron chi connectivity index (χ2n) is 12.1. The molecule has 1 atom stereocenters. The highest BCUT2D eigenvalue weighted by atomic mass is 19.4. The number of carbonyl (C=O) groups is 1. The summed E-state index contributed by atoms with van der Waals surface area (Å²) >= 11 is 0. The van der Waals surface area contributed by atoms with E-state index in [4.69, 9.17) is 18.9 Å². The highest BCUT2D eigenvalue weighted by Gasteiger charge is 2.57. The minimum Gasteiger partial charge on any atom is -0.497 e. The lowest BCUT2D eigenvalue weighted by Gasteiger charge is -2.39. The Labute approximate surface area is 283 Å². The molecule has 260 valence electrons. The van der Waals surface area contributed by atoms with Crippen molar-refractivity contribution in [3.8, 4) is 23.3 Å². The summed E-state index contributed by atoms with van der Waals surface area (Å²) in [5, 5.41) is 21.4. The van der Waals surface area contributed by atoms with Crippen molar-refractivity contribution in [3.05, 3.63) is 89.1 Å². The average molecular weight is 680 g/mol. The van der Waals surface area contributed by atoms with Gasteiger partial charge in [-0.1, -0.05) is 24.3 Å². The minimum absolute atomic E-state index is 0.224. The molecular weight excluding hydrogens is 639 g/mol. The molecule has 1 saturated heterocycles. The molecule has 4 aromatic rings. The summed E-state index contributed by atoms with van der Waals surface area (Å²) in [6.07, 6.45) is -2.32. The lowest BCUT2D eigenvalue weighted by atomic mass is 9.90. The third-order valence-corrected chi connectivity index (χ3v) is 8.87. The van der Waals surface area contributed by atoms with Crippen molar-refractivity contribution in [1.82, 2.24) is 9.47 Å². The van der Waals surface area contributed by atoms with Gasteiger partial charge in [0, 0.05) is 49.7 Å². The molecule has 0 bridgehead atoms. The number of rotatable bonds is 13. The van der Waals surface area contributed by atoms with Gasteiger partial charge in [-0.25, -0.2) is 0 Å². The number of likely N-dealkylation sites (tertiary alicyclic amines) is 1. The lowest BCUT2D eigenvalue weighted by Crippen LogP contribution is -2.53. The zero-order valence-corrected chi connectivity index (χ0v) is 27.8. The van der Waals surface area contributed by atoms with E-state index in [9.17, 15) is 28.3 Å². The van der Waals surface area contributed by atoms with E-state index in [1.54, 1.807) is 53.8 Å². The topological polar surface area (TPSA) is 106 Å². The monoisotopic (exact) mass is 679 g/mol. The van der Waals surface area contributed by atoms with Crippen LogP contribution in [0.3, 0.4) is 0 Å². The van der Waals surface area contributed by atoms with Crippen molar-refractivity contribution in [2.24, 2.45) is 0 Å². The van der Waals surface area contributed by atoms with Crippen LogP contribution in [-0.2, 0) is 28.1 Å².